The Kier molecular flexibility index (Phi) is 2.59. The summed E-state index contributed by atoms with van der Waals surface area (Å²) in [6.45, 7) is 1.73. The van der Waals surface area contributed by atoms with Crippen LogP contribution in [0, 0.1) is 6.92 Å². The summed E-state index contributed by atoms with van der Waals surface area (Å²) < 4.78 is 33.1. The van der Waals surface area contributed by atoms with Crippen molar-refractivity contribution in [3.8, 4) is 5.75 Å². The van der Waals surface area contributed by atoms with E-state index in [2.05, 4.69) is 0 Å². The van der Waals surface area contributed by atoms with Crippen LogP contribution in [0.2, 0.25) is 0 Å². The Balaban J connectivity index is 2.90. The summed E-state index contributed by atoms with van der Waals surface area (Å²) in [4.78, 5) is 0.0295. The molecule has 0 spiro atoms. The molecule has 0 aliphatic carbocycles. The highest BCUT2D eigenvalue weighted by Gasteiger charge is 2.19. The van der Waals surface area contributed by atoms with E-state index in [9.17, 15) is 8.42 Å². The molecule has 0 radical (unpaired) electrons. The lowest BCUT2D eigenvalue weighted by atomic mass is 10.2. The molecule has 0 saturated carbocycles. The van der Waals surface area contributed by atoms with Crippen molar-refractivity contribution in [1.29, 1.82) is 0 Å². The number of ether oxygens (including phenoxy) is 1. The predicted octanol–water partition coefficient (Wildman–Crippen LogP) is 2.68. The van der Waals surface area contributed by atoms with Crippen LogP contribution in [0.4, 0.5) is 0 Å². The predicted molar refractivity (Wildman–Crippen MR) is 60.5 cm³/mol. The number of methoxy groups -OCH3 is 1. The first kappa shape index (κ1) is 11.3. The van der Waals surface area contributed by atoms with Crippen LogP contribution in [0.5, 0.6) is 5.75 Å². The highest BCUT2D eigenvalue weighted by Crippen LogP contribution is 2.34. The van der Waals surface area contributed by atoms with Crippen LogP contribution in [0.25, 0.3) is 11.0 Å². The average molecular weight is 261 g/mol. The van der Waals surface area contributed by atoms with Crippen LogP contribution in [-0.2, 0) is 9.05 Å². The minimum absolute atomic E-state index is 0.0295. The second-order valence-corrected chi connectivity index (χ2v) is 5.84. The number of aryl methyl sites for hydroxylation is 1. The molecule has 86 valence electrons. The smallest absolute Gasteiger partial charge is 0.262 e. The topological polar surface area (TPSA) is 56.5 Å². The SMILES string of the molecule is COc1ccc(S(=O)(=O)Cl)c2cc(C)oc12. The van der Waals surface area contributed by atoms with Crippen molar-refractivity contribution >= 4 is 30.7 Å². The first-order valence-corrected chi connectivity index (χ1v) is 6.76. The summed E-state index contributed by atoms with van der Waals surface area (Å²) in [5.41, 5.74) is 0.390. The molecule has 1 aromatic heterocycles. The highest BCUT2D eigenvalue weighted by molar-refractivity contribution is 8.14. The molecule has 2 aromatic rings. The van der Waals surface area contributed by atoms with E-state index in [1.54, 1.807) is 13.0 Å². The molecule has 0 aliphatic rings. The van der Waals surface area contributed by atoms with Crippen molar-refractivity contribution in [2.24, 2.45) is 0 Å². The van der Waals surface area contributed by atoms with Crippen molar-refractivity contribution in [1.82, 2.24) is 0 Å². The summed E-state index contributed by atoms with van der Waals surface area (Å²) in [6, 6.07) is 4.53. The molecule has 6 heteroatoms. The fourth-order valence-corrected chi connectivity index (χ4v) is 2.62. The lowest BCUT2D eigenvalue weighted by Crippen LogP contribution is -1.92. The average Bonchev–Trinajstić information content (AvgIpc) is 2.55. The molecule has 0 N–H and O–H groups in total. The van der Waals surface area contributed by atoms with Crippen LogP contribution < -0.4 is 4.74 Å². The van der Waals surface area contributed by atoms with Gasteiger partial charge < -0.3 is 9.15 Å². The van der Waals surface area contributed by atoms with Crippen LogP contribution in [0.15, 0.2) is 27.5 Å². The molecular formula is C10H9ClO4S. The third-order valence-corrected chi connectivity index (χ3v) is 3.59. The lowest BCUT2D eigenvalue weighted by Gasteiger charge is -2.02. The normalized spacial score (nSPS) is 11.9. The molecule has 2 rings (SSSR count). The van der Waals surface area contributed by atoms with Gasteiger partial charge in [0.05, 0.1) is 12.0 Å². The number of furan rings is 1. The van der Waals surface area contributed by atoms with Gasteiger partial charge in [0.2, 0.25) is 0 Å². The fourth-order valence-electron chi connectivity index (χ4n) is 1.57. The highest BCUT2D eigenvalue weighted by atomic mass is 35.7. The summed E-state index contributed by atoms with van der Waals surface area (Å²) in [6.07, 6.45) is 0. The lowest BCUT2D eigenvalue weighted by molar-refractivity contribution is 0.408. The van der Waals surface area contributed by atoms with Gasteiger partial charge in [-0.3, -0.25) is 0 Å². The molecule has 1 heterocycles. The van der Waals surface area contributed by atoms with E-state index in [-0.39, 0.29) is 4.90 Å². The molecular weight excluding hydrogens is 252 g/mol. The van der Waals surface area contributed by atoms with Crippen LogP contribution >= 0.6 is 10.7 Å². The van der Waals surface area contributed by atoms with Gasteiger partial charge in [-0.25, -0.2) is 8.42 Å². The number of hydrogen-bond donors (Lipinski definition) is 0. The second kappa shape index (κ2) is 3.68. The minimum Gasteiger partial charge on any atom is -0.493 e. The first-order chi connectivity index (χ1) is 7.43. The van der Waals surface area contributed by atoms with Crippen LogP contribution in [0.3, 0.4) is 0 Å². The molecule has 0 amide bonds. The van der Waals surface area contributed by atoms with Crippen molar-refractivity contribution < 1.29 is 17.6 Å². The van der Waals surface area contributed by atoms with E-state index in [1.165, 1.54) is 19.2 Å². The Morgan fingerprint density at radius 3 is 2.62 bits per heavy atom. The largest absolute Gasteiger partial charge is 0.493 e. The Labute approximate surface area is 97.2 Å². The molecule has 0 aliphatic heterocycles. The molecule has 0 unspecified atom stereocenters. The van der Waals surface area contributed by atoms with Gasteiger partial charge in [0.1, 0.15) is 5.76 Å². The first-order valence-electron chi connectivity index (χ1n) is 4.45. The Hall–Kier alpha value is -1.20. The van der Waals surface area contributed by atoms with Gasteiger partial charge in [-0.05, 0) is 25.1 Å². The van der Waals surface area contributed by atoms with Gasteiger partial charge in [-0.15, -0.1) is 0 Å². The quantitative estimate of drug-likeness (QED) is 0.779. The maximum Gasteiger partial charge on any atom is 0.262 e. The van der Waals surface area contributed by atoms with Crippen molar-refractivity contribution in [2.75, 3.05) is 7.11 Å². The third kappa shape index (κ3) is 1.76. The van der Waals surface area contributed by atoms with E-state index in [4.69, 9.17) is 19.8 Å². The number of halogens is 1. The van der Waals surface area contributed by atoms with E-state index >= 15 is 0 Å². The minimum atomic E-state index is -3.78. The Bertz CT molecular complexity index is 642. The fraction of sp³-hybridized carbons (Fsp3) is 0.200. The summed E-state index contributed by atoms with van der Waals surface area (Å²) in [5.74, 6) is 1.08. The zero-order valence-electron chi connectivity index (χ0n) is 8.65. The van der Waals surface area contributed by atoms with Gasteiger partial charge in [0, 0.05) is 16.1 Å². The molecule has 0 fully saturated rings. The Morgan fingerprint density at radius 2 is 2.06 bits per heavy atom. The van der Waals surface area contributed by atoms with E-state index in [1.807, 2.05) is 0 Å². The van der Waals surface area contributed by atoms with E-state index in [0.29, 0.717) is 22.5 Å². The maximum absolute atomic E-state index is 11.3. The summed E-state index contributed by atoms with van der Waals surface area (Å²) in [5, 5.41) is 0.437. The third-order valence-electron chi connectivity index (χ3n) is 2.21. The van der Waals surface area contributed by atoms with Gasteiger partial charge in [-0.1, -0.05) is 0 Å². The molecule has 4 nitrogen and oxygen atoms in total. The molecule has 0 atom stereocenters. The van der Waals surface area contributed by atoms with Crippen molar-refractivity contribution in [3.05, 3.63) is 24.0 Å². The van der Waals surface area contributed by atoms with E-state index < -0.39 is 9.05 Å². The number of rotatable bonds is 2. The summed E-state index contributed by atoms with van der Waals surface area (Å²) >= 11 is 0. The van der Waals surface area contributed by atoms with Gasteiger partial charge in [0.25, 0.3) is 9.05 Å². The van der Waals surface area contributed by atoms with Crippen LogP contribution in [0.1, 0.15) is 5.76 Å². The number of hydrogen-bond acceptors (Lipinski definition) is 4. The molecule has 16 heavy (non-hydrogen) atoms. The zero-order valence-corrected chi connectivity index (χ0v) is 10.2. The van der Waals surface area contributed by atoms with E-state index in [0.717, 1.165) is 0 Å². The number of benzene rings is 1. The van der Waals surface area contributed by atoms with Crippen molar-refractivity contribution in [3.63, 3.8) is 0 Å². The molecule has 0 saturated heterocycles. The van der Waals surface area contributed by atoms with Crippen molar-refractivity contribution in [2.45, 2.75) is 11.8 Å². The number of fused-ring (bicyclic) bond motifs is 1. The zero-order chi connectivity index (χ0) is 11.9. The standard InChI is InChI=1S/C10H9ClO4S/c1-6-5-7-9(16(11,12)13)4-3-8(14-2)10(7)15-6/h3-5H,1-2H3. The summed E-state index contributed by atoms with van der Waals surface area (Å²) in [7, 11) is 3.04. The van der Waals surface area contributed by atoms with Gasteiger partial charge in [0.15, 0.2) is 11.3 Å². The monoisotopic (exact) mass is 260 g/mol. The molecule has 0 bridgehead atoms. The Morgan fingerprint density at radius 1 is 1.38 bits per heavy atom. The maximum atomic E-state index is 11.3. The van der Waals surface area contributed by atoms with Crippen LogP contribution in [-0.4, -0.2) is 15.5 Å². The second-order valence-electron chi connectivity index (χ2n) is 3.30. The molecule has 1 aromatic carbocycles. The van der Waals surface area contributed by atoms with Gasteiger partial charge >= 0.3 is 0 Å². The van der Waals surface area contributed by atoms with Gasteiger partial charge in [-0.2, -0.15) is 0 Å².